The number of carbonyl (C=O) groups is 2. The number of nitrogens with one attached hydrogen (secondary N) is 2. The van der Waals surface area contributed by atoms with E-state index < -0.39 is 5.91 Å². The van der Waals surface area contributed by atoms with E-state index in [-0.39, 0.29) is 12.5 Å². The number of carbonyl (C=O) groups excluding carboxylic acids is 2. The molecule has 0 spiro atoms. The number of rotatable bonds is 7. The number of amides is 2. The van der Waals surface area contributed by atoms with Crippen molar-refractivity contribution in [2.24, 2.45) is 0 Å². The van der Waals surface area contributed by atoms with E-state index in [0.29, 0.717) is 28.1 Å². The monoisotopic (exact) mass is 435 g/mol. The third-order valence-electron chi connectivity index (χ3n) is 3.78. The maximum atomic E-state index is 12.1. The van der Waals surface area contributed by atoms with E-state index in [1.54, 1.807) is 45.5 Å². The number of hydrogen-bond donors (Lipinski definition) is 2. The van der Waals surface area contributed by atoms with Crippen LogP contribution < -0.4 is 20.3 Å². The molecular formula is C19H22BrN3O4. The number of likely N-dealkylation sites (N-methyl/N-ethyl adjacent to an activating group) is 1. The predicted molar refractivity (Wildman–Crippen MR) is 106 cm³/mol. The Kier molecular flexibility index (Phi) is 7.63. The first-order valence-electron chi connectivity index (χ1n) is 8.17. The molecule has 8 heteroatoms. The first kappa shape index (κ1) is 20.7. The molecule has 7 nitrogen and oxygen atoms in total. The van der Waals surface area contributed by atoms with Crippen LogP contribution >= 0.6 is 15.9 Å². The van der Waals surface area contributed by atoms with Crippen molar-refractivity contribution in [3.05, 3.63) is 58.1 Å². The molecule has 0 aliphatic carbocycles. The molecule has 0 aliphatic rings. The van der Waals surface area contributed by atoms with Crippen LogP contribution in [0.4, 0.5) is 0 Å². The van der Waals surface area contributed by atoms with Gasteiger partial charge in [0.05, 0.1) is 26.3 Å². The van der Waals surface area contributed by atoms with Gasteiger partial charge in [-0.2, -0.15) is 0 Å². The van der Waals surface area contributed by atoms with Crippen LogP contribution in [0, 0.1) is 0 Å². The third-order valence-corrected chi connectivity index (χ3v) is 4.47. The normalized spacial score (nSPS) is 10.4. The molecule has 2 N–H and O–H groups in total. The number of nitrogens with zero attached hydrogens (tertiary/aromatic N) is 1. The van der Waals surface area contributed by atoms with Crippen molar-refractivity contribution in [3.8, 4) is 11.5 Å². The Balaban J connectivity index is 1.87. The minimum atomic E-state index is -0.393. The molecule has 0 saturated carbocycles. The third kappa shape index (κ3) is 5.97. The molecule has 2 rings (SSSR count). The number of benzene rings is 2. The molecule has 0 heterocycles. The highest BCUT2D eigenvalue weighted by atomic mass is 79.9. The molecule has 0 aliphatic heterocycles. The maximum Gasteiger partial charge on any atom is 0.270 e. The molecule has 0 aromatic heterocycles. The van der Waals surface area contributed by atoms with Crippen LogP contribution in [0.15, 0.2) is 46.9 Å². The van der Waals surface area contributed by atoms with Crippen LogP contribution in [0.1, 0.15) is 15.9 Å². The lowest BCUT2D eigenvalue weighted by Crippen LogP contribution is -2.45. The Morgan fingerprint density at radius 2 is 1.81 bits per heavy atom. The average molecular weight is 436 g/mol. The van der Waals surface area contributed by atoms with E-state index >= 15 is 0 Å². The van der Waals surface area contributed by atoms with E-state index in [1.165, 1.54) is 0 Å². The van der Waals surface area contributed by atoms with Gasteiger partial charge in [0.15, 0.2) is 0 Å². The second-order valence-electron chi connectivity index (χ2n) is 5.83. The van der Waals surface area contributed by atoms with Gasteiger partial charge in [0.1, 0.15) is 11.5 Å². The second-order valence-corrected chi connectivity index (χ2v) is 6.69. The van der Waals surface area contributed by atoms with Gasteiger partial charge in [0, 0.05) is 22.6 Å². The Labute approximate surface area is 166 Å². The maximum absolute atomic E-state index is 12.1. The smallest absolute Gasteiger partial charge is 0.270 e. The van der Waals surface area contributed by atoms with E-state index in [4.69, 9.17) is 9.47 Å². The highest BCUT2D eigenvalue weighted by Crippen LogP contribution is 2.25. The van der Waals surface area contributed by atoms with Gasteiger partial charge in [-0.05, 0) is 41.2 Å². The molecule has 2 aromatic carbocycles. The molecule has 0 unspecified atom stereocenters. The Morgan fingerprint density at radius 3 is 2.48 bits per heavy atom. The van der Waals surface area contributed by atoms with Gasteiger partial charge >= 0.3 is 0 Å². The minimum Gasteiger partial charge on any atom is -0.497 e. The van der Waals surface area contributed by atoms with E-state index in [2.05, 4.69) is 26.8 Å². The fourth-order valence-electron chi connectivity index (χ4n) is 2.45. The summed E-state index contributed by atoms with van der Waals surface area (Å²) in [5.74, 6) is 0.662. The average Bonchev–Trinajstić information content (AvgIpc) is 2.66. The van der Waals surface area contributed by atoms with Gasteiger partial charge < -0.3 is 9.47 Å². The van der Waals surface area contributed by atoms with Crippen molar-refractivity contribution in [3.63, 3.8) is 0 Å². The standard InChI is InChI=1S/C19H22BrN3O4/c1-23(11-13-8-9-14(26-2)10-17(13)27-3)12-18(24)21-22-19(25)15-6-4-5-7-16(15)20/h4-10H,11-12H2,1-3H3,(H,21,24)(H,22,25). The summed E-state index contributed by atoms with van der Waals surface area (Å²) in [6.45, 7) is 0.601. The second kappa shape index (κ2) is 9.94. The van der Waals surface area contributed by atoms with Crippen LogP contribution in [-0.4, -0.2) is 44.5 Å². The first-order chi connectivity index (χ1) is 12.9. The van der Waals surface area contributed by atoms with Gasteiger partial charge in [-0.3, -0.25) is 25.3 Å². The topological polar surface area (TPSA) is 79.9 Å². The highest BCUT2D eigenvalue weighted by molar-refractivity contribution is 9.10. The molecule has 2 aromatic rings. The molecule has 0 bridgehead atoms. The minimum absolute atomic E-state index is 0.103. The Morgan fingerprint density at radius 1 is 1.07 bits per heavy atom. The highest BCUT2D eigenvalue weighted by Gasteiger charge is 2.13. The van der Waals surface area contributed by atoms with Crippen molar-refractivity contribution in [2.75, 3.05) is 27.8 Å². The zero-order valence-corrected chi connectivity index (χ0v) is 17.0. The van der Waals surface area contributed by atoms with Crippen molar-refractivity contribution in [2.45, 2.75) is 6.54 Å². The van der Waals surface area contributed by atoms with E-state index in [1.807, 2.05) is 23.1 Å². The van der Waals surface area contributed by atoms with Crippen molar-refractivity contribution in [1.82, 2.24) is 15.8 Å². The fraction of sp³-hybridized carbons (Fsp3) is 0.263. The summed E-state index contributed by atoms with van der Waals surface area (Å²) in [6.07, 6.45) is 0. The van der Waals surface area contributed by atoms with Crippen molar-refractivity contribution < 1.29 is 19.1 Å². The Bertz CT molecular complexity index is 813. The first-order valence-corrected chi connectivity index (χ1v) is 8.97. The summed E-state index contributed by atoms with van der Waals surface area (Å²) in [6, 6.07) is 12.5. The number of halogens is 1. The number of methoxy groups -OCH3 is 2. The van der Waals surface area contributed by atoms with E-state index in [9.17, 15) is 9.59 Å². The lowest BCUT2D eigenvalue weighted by atomic mass is 10.2. The van der Waals surface area contributed by atoms with E-state index in [0.717, 1.165) is 5.56 Å². The summed E-state index contributed by atoms with van der Waals surface area (Å²) in [5, 5.41) is 0. The lowest BCUT2D eigenvalue weighted by molar-refractivity contribution is -0.122. The quantitative estimate of drug-likeness (QED) is 0.652. The molecule has 27 heavy (non-hydrogen) atoms. The lowest BCUT2D eigenvalue weighted by Gasteiger charge is -2.18. The van der Waals surface area contributed by atoms with Crippen LogP contribution in [-0.2, 0) is 11.3 Å². The van der Waals surface area contributed by atoms with Crippen LogP contribution in [0.25, 0.3) is 0 Å². The number of hydrogen-bond acceptors (Lipinski definition) is 5. The van der Waals surface area contributed by atoms with Gasteiger partial charge in [-0.15, -0.1) is 0 Å². The molecule has 144 valence electrons. The molecule has 2 amide bonds. The number of hydrazine groups is 1. The predicted octanol–water partition coefficient (Wildman–Crippen LogP) is 2.36. The molecule has 0 radical (unpaired) electrons. The van der Waals surface area contributed by atoms with Gasteiger partial charge in [-0.1, -0.05) is 18.2 Å². The van der Waals surface area contributed by atoms with Crippen LogP contribution in [0.2, 0.25) is 0 Å². The summed E-state index contributed by atoms with van der Waals surface area (Å²) in [5.41, 5.74) is 6.19. The summed E-state index contributed by atoms with van der Waals surface area (Å²) < 4.78 is 11.2. The SMILES string of the molecule is COc1ccc(CN(C)CC(=O)NNC(=O)c2ccccc2Br)c(OC)c1. The summed E-state index contributed by atoms with van der Waals surface area (Å²) >= 11 is 3.30. The molecule has 0 saturated heterocycles. The van der Waals surface area contributed by atoms with Crippen molar-refractivity contribution >= 4 is 27.7 Å². The molecule has 0 atom stereocenters. The van der Waals surface area contributed by atoms with Gasteiger partial charge in [0.2, 0.25) is 0 Å². The van der Waals surface area contributed by atoms with Crippen molar-refractivity contribution in [1.29, 1.82) is 0 Å². The zero-order chi connectivity index (χ0) is 19.8. The number of ether oxygens (including phenoxy) is 2. The van der Waals surface area contributed by atoms with Gasteiger partial charge in [0.25, 0.3) is 11.8 Å². The van der Waals surface area contributed by atoms with Gasteiger partial charge in [-0.25, -0.2) is 0 Å². The Hall–Kier alpha value is -2.58. The largest absolute Gasteiger partial charge is 0.497 e. The molecular weight excluding hydrogens is 414 g/mol. The summed E-state index contributed by atoms with van der Waals surface area (Å²) in [7, 11) is 4.98. The molecule has 0 fully saturated rings. The zero-order valence-electron chi connectivity index (χ0n) is 15.4. The summed E-state index contributed by atoms with van der Waals surface area (Å²) in [4.78, 5) is 26.0. The van der Waals surface area contributed by atoms with Crippen LogP contribution in [0.3, 0.4) is 0 Å². The fourth-order valence-corrected chi connectivity index (χ4v) is 2.92. The van der Waals surface area contributed by atoms with Crippen LogP contribution in [0.5, 0.6) is 11.5 Å².